The minimum absolute atomic E-state index is 0.132. The number of benzene rings is 2. The first-order chi connectivity index (χ1) is 13.0. The lowest BCUT2D eigenvalue weighted by Gasteiger charge is -2.12. The van der Waals surface area contributed by atoms with E-state index in [1.165, 1.54) is 0 Å². The molecule has 27 heavy (non-hydrogen) atoms. The molecule has 2 aromatic carbocycles. The summed E-state index contributed by atoms with van der Waals surface area (Å²) in [6.45, 7) is 4.88. The molecule has 0 saturated carbocycles. The summed E-state index contributed by atoms with van der Waals surface area (Å²) in [4.78, 5) is 12.3. The predicted octanol–water partition coefficient (Wildman–Crippen LogP) is 2.95. The monoisotopic (exact) mass is 371 g/mol. The van der Waals surface area contributed by atoms with Crippen LogP contribution in [-0.4, -0.2) is 30.2 Å². The second-order valence-corrected chi connectivity index (χ2v) is 5.84. The van der Waals surface area contributed by atoms with Crippen molar-refractivity contribution in [1.29, 1.82) is 0 Å². The van der Waals surface area contributed by atoms with Gasteiger partial charge in [0.2, 0.25) is 5.91 Å². The van der Waals surface area contributed by atoms with Gasteiger partial charge in [-0.15, -0.1) is 0 Å². The van der Waals surface area contributed by atoms with Gasteiger partial charge in [-0.1, -0.05) is 23.4 Å². The standard InChI is InChI=1S/C20H25N3O4/c1-3-26-17-10-7-15(11-18(17)27-4-2)13-20(24)22-16-8-5-14(6-9-16)12-19(21)23-25/h5-11,25H,3-4,12-13H2,1-2H3,(H2,21,23)(H,22,24). The van der Waals surface area contributed by atoms with Crippen LogP contribution in [0.2, 0.25) is 0 Å². The van der Waals surface area contributed by atoms with Gasteiger partial charge >= 0.3 is 0 Å². The molecule has 0 radical (unpaired) electrons. The van der Waals surface area contributed by atoms with Crippen LogP contribution in [0, 0.1) is 0 Å². The van der Waals surface area contributed by atoms with Crippen LogP contribution in [0.3, 0.4) is 0 Å². The summed E-state index contributed by atoms with van der Waals surface area (Å²) in [5.74, 6) is 1.31. The smallest absolute Gasteiger partial charge is 0.228 e. The van der Waals surface area contributed by atoms with Crippen molar-refractivity contribution in [3.05, 3.63) is 53.6 Å². The van der Waals surface area contributed by atoms with Crippen molar-refractivity contribution in [2.75, 3.05) is 18.5 Å². The fourth-order valence-corrected chi connectivity index (χ4v) is 2.55. The number of nitrogens with zero attached hydrogens (tertiary/aromatic N) is 1. The Kier molecular flexibility index (Phi) is 7.49. The minimum Gasteiger partial charge on any atom is -0.490 e. The van der Waals surface area contributed by atoms with Gasteiger partial charge in [0.15, 0.2) is 11.5 Å². The van der Waals surface area contributed by atoms with Crippen LogP contribution >= 0.6 is 0 Å². The van der Waals surface area contributed by atoms with E-state index in [0.717, 1.165) is 11.1 Å². The summed E-state index contributed by atoms with van der Waals surface area (Å²) in [6.07, 6.45) is 0.565. The molecule has 0 saturated heterocycles. The third-order valence-electron chi connectivity index (χ3n) is 3.72. The van der Waals surface area contributed by atoms with Gasteiger partial charge in [-0.25, -0.2) is 0 Å². The van der Waals surface area contributed by atoms with Gasteiger partial charge < -0.3 is 25.7 Å². The molecule has 0 bridgehead atoms. The van der Waals surface area contributed by atoms with Crippen molar-refractivity contribution in [3.8, 4) is 11.5 Å². The average molecular weight is 371 g/mol. The lowest BCUT2D eigenvalue weighted by molar-refractivity contribution is -0.115. The van der Waals surface area contributed by atoms with E-state index in [0.29, 0.717) is 36.8 Å². The van der Waals surface area contributed by atoms with E-state index < -0.39 is 0 Å². The van der Waals surface area contributed by atoms with Gasteiger partial charge in [-0.2, -0.15) is 0 Å². The molecule has 0 aliphatic heterocycles. The summed E-state index contributed by atoms with van der Waals surface area (Å²) in [7, 11) is 0. The van der Waals surface area contributed by atoms with Gasteiger partial charge in [0.25, 0.3) is 0 Å². The van der Waals surface area contributed by atoms with Crippen molar-refractivity contribution in [2.45, 2.75) is 26.7 Å². The second-order valence-electron chi connectivity index (χ2n) is 5.84. The third kappa shape index (κ3) is 6.22. The molecule has 0 fully saturated rings. The molecular formula is C20H25N3O4. The van der Waals surface area contributed by atoms with Crippen molar-refractivity contribution in [3.63, 3.8) is 0 Å². The number of amidine groups is 1. The predicted molar refractivity (Wildman–Crippen MR) is 105 cm³/mol. The Labute approximate surface area is 158 Å². The lowest BCUT2D eigenvalue weighted by Crippen LogP contribution is -2.16. The number of ether oxygens (including phenoxy) is 2. The maximum Gasteiger partial charge on any atom is 0.228 e. The molecule has 2 aromatic rings. The lowest BCUT2D eigenvalue weighted by atomic mass is 10.1. The Morgan fingerprint density at radius 1 is 1.00 bits per heavy atom. The van der Waals surface area contributed by atoms with Gasteiger partial charge in [0, 0.05) is 12.1 Å². The van der Waals surface area contributed by atoms with E-state index in [1.807, 2.05) is 44.2 Å². The number of amides is 1. The van der Waals surface area contributed by atoms with Crippen LogP contribution in [0.15, 0.2) is 47.6 Å². The SMILES string of the molecule is CCOc1ccc(CC(=O)Nc2ccc(CC(N)=NO)cc2)cc1OCC. The molecular weight excluding hydrogens is 346 g/mol. The van der Waals surface area contributed by atoms with Crippen LogP contribution < -0.4 is 20.5 Å². The summed E-state index contributed by atoms with van der Waals surface area (Å²) >= 11 is 0. The van der Waals surface area contributed by atoms with E-state index in [-0.39, 0.29) is 18.2 Å². The molecule has 4 N–H and O–H groups in total. The molecule has 0 aliphatic rings. The zero-order chi connectivity index (χ0) is 19.6. The number of hydrogen-bond donors (Lipinski definition) is 3. The number of oxime groups is 1. The number of nitrogens with two attached hydrogens (primary N) is 1. The van der Waals surface area contributed by atoms with Crippen LogP contribution in [-0.2, 0) is 17.6 Å². The van der Waals surface area contributed by atoms with Crippen LogP contribution in [0.4, 0.5) is 5.69 Å². The van der Waals surface area contributed by atoms with E-state index in [9.17, 15) is 4.79 Å². The molecule has 2 rings (SSSR count). The molecule has 0 unspecified atom stereocenters. The number of anilines is 1. The topological polar surface area (TPSA) is 106 Å². The fourth-order valence-electron chi connectivity index (χ4n) is 2.55. The van der Waals surface area contributed by atoms with Gasteiger partial charge in [-0.3, -0.25) is 4.79 Å². The van der Waals surface area contributed by atoms with E-state index in [2.05, 4.69) is 10.5 Å². The summed E-state index contributed by atoms with van der Waals surface area (Å²) in [5, 5.41) is 14.4. The van der Waals surface area contributed by atoms with Gasteiger partial charge in [0.05, 0.1) is 19.6 Å². The van der Waals surface area contributed by atoms with Gasteiger partial charge in [0.1, 0.15) is 5.84 Å². The molecule has 7 nitrogen and oxygen atoms in total. The molecule has 0 aliphatic carbocycles. The highest BCUT2D eigenvalue weighted by Crippen LogP contribution is 2.28. The maximum atomic E-state index is 12.3. The maximum absolute atomic E-state index is 12.3. The summed E-state index contributed by atoms with van der Waals surface area (Å²) < 4.78 is 11.1. The minimum atomic E-state index is -0.134. The second kappa shape index (κ2) is 10.1. The van der Waals surface area contributed by atoms with Crippen LogP contribution in [0.5, 0.6) is 11.5 Å². The highest BCUT2D eigenvalue weighted by molar-refractivity contribution is 5.92. The molecule has 7 heteroatoms. The zero-order valence-corrected chi connectivity index (χ0v) is 15.6. The third-order valence-corrected chi connectivity index (χ3v) is 3.72. The average Bonchev–Trinajstić information content (AvgIpc) is 2.65. The highest BCUT2D eigenvalue weighted by atomic mass is 16.5. The Morgan fingerprint density at radius 3 is 2.26 bits per heavy atom. The molecule has 1 amide bonds. The van der Waals surface area contributed by atoms with Crippen molar-refractivity contribution in [1.82, 2.24) is 0 Å². The van der Waals surface area contributed by atoms with E-state index in [1.54, 1.807) is 12.1 Å². The highest BCUT2D eigenvalue weighted by Gasteiger charge is 2.10. The van der Waals surface area contributed by atoms with E-state index in [4.69, 9.17) is 20.4 Å². The Balaban J connectivity index is 1.99. The summed E-state index contributed by atoms with van der Waals surface area (Å²) in [5.41, 5.74) is 7.89. The number of rotatable bonds is 9. The largest absolute Gasteiger partial charge is 0.490 e. The molecule has 0 heterocycles. The first kappa shape index (κ1) is 20.1. The fraction of sp³-hybridized carbons (Fsp3) is 0.300. The molecule has 0 spiro atoms. The Morgan fingerprint density at radius 2 is 1.63 bits per heavy atom. The number of hydrogen-bond acceptors (Lipinski definition) is 5. The molecule has 0 atom stereocenters. The van der Waals surface area contributed by atoms with E-state index >= 15 is 0 Å². The van der Waals surface area contributed by atoms with Crippen molar-refractivity contribution in [2.24, 2.45) is 10.9 Å². The zero-order valence-electron chi connectivity index (χ0n) is 15.6. The molecule has 144 valence electrons. The van der Waals surface area contributed by atoms with Crippen molar-refractivity contribution >= 4 is 17.4 Å². The number of nitrogens with one attached hydrogen (secondary N) is 1. The first-order valence-electron chi connectivity index (χ1n) is 8.79. The van der Waals surface area contributed by atoms with Crippen LogP contribution in [0.1, 0.15) is 25.0 Å². The number of carbonyl (C=O) groups is 1. The Hall–Kier alpha value is -3.22. The van der Waals surface area contributed by atoms with Crippen molar-refractivity contribution < 1.29 is 19.5 Å². The first-order valence-corrected chi connectivity index (χ1v) is 8.79. The molecule has 0 aromatic heterocycles. The summed E-state index contributed by atoms with van der Waals surface area (Å²) in [6, 6.07) is 12.7. The Bertz CT molecular complexity index is 788. The van der Waals surface area contributed by atoms with Gasteiger partial charge in [-0.05, 0) is 49.2 Å². The van der Waals surface area contributed by atoms with Crippen LogP contribution in [0.25, 0.3) is 0 Å². The quantitative estimate of drug-likeness (QED) is 0.272. The normalized spacial score (nSPS) is 11.1. The number of carbonyl (C=O) groups excluding carboxylic acids is 1.